The van der Waals surface area contributed by atoms with Crippen LogP contribution in [-0.2, 0) is 15.0 Å². The molecule has 2 aliphatic rings. The van der Waals surface area contributed by atoms with Crippen LogP contribution < -0.4 is 5.73 Å². The van der Waals surface area contributed by atoms with E-state index in [-0.39, 0.29) is 23.9 Å². The summed E-state index contributed by atoms with van der Waals surface area (Å²) in [6.07, 6.45) is 1.60. The fourth-order valence-corrected chi connectivity index (χ4v) is 3.86. The third-order valence-corrected chi connectivity index (χ3v) is 5.32. The fourth-order valence-electron chi connectivity index (χ4n) is 3.86. The first-order chi connectivity index (χ1) is 10.9. The van der Waals surface area contributed by atoms with Crippen molar-refractivity contribution in [2.45, 2.75) is 31.6 Å². The van der Waals surface area contributed by atoms with E-state index in [0.29, 0.717) is 19.4 Å². The summed E-state index contributed by atoms with van der Waals surface area (Å²) < 4.78 is 28.4. The largest absolute Gasteiger partial charge is 0.369 e. The quantitative estimate of drug-likeness (QED) is 0.925. The number of likely N-dealkylation sites (tertiary alicyclic amines) is 1. The molecule has 0 spiro atoms. The summed E-state index contributed by atoms with van der Waals surface area (Å²) in [5, 5.41) is 0. The predicted octanol–water partition coefficient (Wildman–Crippen LogP) is 1.97. The van der Waals surface area contributed by atoms with Gasteiger partial charge < -0.3 is 10.6 Å². The first-order valence-corrected chi connectivity index (χ1v) is 7.90. The SMILES string of the molecule is C[C@@H]1CN(C(=O)C2(c3c(F)cccc3F)CCC2)C[C@H]1C(N)=O. The lowest BCUT2D eigenvalue weighted by Gasteiger charge is -2.43. The molecule has 0 unspecified atom stereocenters. The van der Waals surface area contributed by atoms with Gasteiger partial charge in [0.15, 0.2) is 0 Å². The second-order valence-electron chi connectivity index (χ2n) is 6.73. The molecule has 1 aliphatic carbocycles. The van der Waals surface area contributed by atoms with Gasteiger partial charge in [-0.1, -0.05) is 19.4 Å². The van der Waals surface area contributed by atoms with Crippen LogP contribution in [0.2, 0.25) is 0 Å². The van der Waals surface area contributed by atoms with Crippen LogP contribution in [0.1, 0.15) is 31.7 Å². The van der Waals surface area contributed by atoms with Crippen LogP contribution in [0.4, 0.5) is 8.78 Å². The highest BCUT2D eigenvalue weighted by molar-refractivity contribution is 5.90. The number of hydrogen-bond acceptors (Lipinski definition) is 2. The van der Waals surface area contributed by atoms with E-state index in [4.69, 9.17) is 5.73 Å². The lowest BCUT2D eigenvalue weighted by molar-refractivity contribution is -0.140. The van der Waals surface area contributed by atoms with Crippen LogP contribution in [0.3, 0.4) is 0 Å². The van der Waals surface area contributed by atoms with Crippen LogP contribution >= 0.6 is 0 Å². The zero-order valence-electron chi connectivity index (χ0n) is 13.0. The Kier molecular flexibility index (Phi) is 3.86. The second kappa shape index (κ2) is 5.58. The molecular weight excluding hydrogens is 302 g/mol. The lowest BCUT2D eigenvalue weighted by Crippen LogP contribution is -2.51. The topological polar surface area (TPSA) is 63.4 Å². The Morgan fingerprint density at radius 3 is 2.26 bits per heavy atom. The molecule has 0 aromatic heterocycles. The van der Waals surface area contributed by atoms with Crippen molar-refractivity contribution < 1.29 is 18.4 Å². The molecule has 1 aromatic rings. The highest BCUT2D eigenvalue weighted by Gasteiger charge is 2.52. The summed E-state index contributed by atoms with van der Waals surface area (Å²) in [5.74, 6) is -2.54. The predicted molar refractivity (Wildman–Crippen MR) is 80.3 cm³/mol. The van der Waals surface area contributed by atoms with E-state index in [0.717, 1.165) is 6.42 Å². The third kappa shape index (κ3) is 2.40. The maximum absolute atomic E-state index is 14.2. The van der Waals surface area contributed by atoms with Crippen molar-refractivity contribution >= 4 is 11.8 Å². The Labute approximate surface area is 133 Å². The average Bonchev–Trinajstić information content (AvgIpc) is 2.82. The van der Waals surface area contributed by atoms with Gasteiger partial charge in [-0.15, -0.1) is 0 Å². The van der Waals surface area contributed by atoms with E-state index in [1.807, 2.05) is 6.92 Å². The van der Waals surface area contributed by atoms with Gasteiger partial charge in [-0.3, -0.25) is 9.59 Å². The summed E-state index contributed by atoms with van der Waals surface area (Å²) in [5.41, 5.74) is 4.10. The first kappa shape index (κ1) is 15.9. The van der Waals surface area contributed by atoms with Crippen molar-refractivity contribution in [3.63, 3.8) is 0 Å². The molecule has 1 aliphatic heterocycles. The molecule has 6 heteroatoms. The number of benzene rings is 1. The molecule has 4 nitrogen and oxygen atoms in total. The minimum atomic E-state index is -1.14. The number of hydrogen-bond donors (Lipinski definition) is 1. The summed E-state index contributed by atoms with van der Waals surface area (Å²) in [7, 11) is 0. The number of nitrogens with zero attached hydrogens (tertiary/aromatic N) is 1. The van der Waals surface area contributed by atoms with Crippen LogP contribution in [-0.4, -0.2) is 29.8 Å². The normalized spacial score (nSPS) is 26.0. The van der Waals surface area contributed by atoms with Crippen molar-refractivity contribution in [2.24, 2.45) is 17.6 Å². The molecule has 1 saturated heterocycles. The molecule has 1 aromatic carbocycles. The van der Waals surface area contributed by atoms with E-state index < -0.39 is 28.9 Å². The number of nitrogens with two attached hydrogens (primary N) is 1. The molecule has 2 N–H and O–H groups in total. The molecule has 23 heavy (non-hydrogen) atoms. The number of primary amides is 1. The van der Waals surface area contributed by atoms with Gasteiger partial charge in [0, 0.05) is 18.7 Å². The molecule has 1 saturated carbocycles. The van der Waals surface area contributed by atoms with Gasteiger partial charge >= 0.3 is 0 Å². The molecule has 2 amide bonds. The summed E-state index contributed by atoms with van der Waals surface area (Å²) in [6.45, 7) is 2.48. The first-order valence-electron chi connectivity index (χ1n) is 7.90. The summed E-state index contributed by atoms with van der Waals surface area (Å²) in [4.78, 5) is 26.0. The van der Waals surface area contributed by atoms with Gasteiger partial charge in [0.2, 0.25) is 11.8 Å². The minimum Gasteiger partial charge on any atom is -0.369 e. The van der Waals surface area contributed by atoms with E-state index in [1.165, 1.54) is 18.2 Å². The monoisotopic (exact) mass is 322 g/mol. The van der Waals surface area contributed by atoms with Gasteiger partial charge in [0.05, 0.1) is 11.3 Å². The minimum absolute atomic E-state index is 0.0426. The molecule has 0 radical (unpaired) electrons. The number of amides is 2. The Hall–Kier alpha value is -1.98. The van der Waals surface area contributed by atoms with Crippen molar-refractivity contribution in [1.29, 1.82) is 0 Å². The van der Waals surface area contributed by atoms with Crippen LogP contribution in [0.25, 0.3) is 0 Å². The Morgan fingerprint density at radius 2 is 1.83 bits per heavy atom. The lowest BCUT2D eigenvalue weighted by atomic mass is 9.63. The number of carbonyl (C=O) groups is 2. The zero-order chi connectivity index (χ0) is 16.8. The van der Waals surface area contributed by atoms with Gasteiger partial charge in [0.25, 0.3) is 0 Å². The van der Waals surface area contributed by atoms with E-state index in [2.05, 4.69) is 0 Å². The maximum atomic E-state index is 14.2. The van der Waals surface area contributed by atoms with Gasteiger partial charge in [-0.25, -0.2) is 8.78 Å². The Bertz CT molecular complexity index is 638. The van der Waals surface area contributed by atoms with Gasteiger partial charge in [0.1, 0.15) is 11.6 Å². The molecule has 2 atom stereocenters. The molecule has 2 fully saturated rings. The van der Waals surface area contributed by atoms with Crippen molar-refractivity contribution in [3.8, 4) is 0 Å². The zero-order valence-corrected chi connectivity index (χ0v) is 13.0. The number of halogens is 2. The Morgan fingerprint density at radius 1 is 1.22 bits per heavy atom. The maximum Gasteiger partial charge on any atom is 0.233 e. The number of carbonyl (C=O) groups excluding carboxylic acids is 2. The van der Waals surface area contributed by atoms with Crippen molar-refractivity contribution in [2.75, 3.05) is 13.1 Å². The smallest absolute Gasteiger partial charge is 0.233 e. The van der Waals surface area contributed by atoms with Crippen molar-refractivity contribution in [3.05, 3.63) is 35.4 Å². The van der Waals surface area contributed by atoms with Crippen LogP contribution in [0.15, 0.2) is 18.2 Å². The Balaban J connectivity index is 1.93. The number of rotatable bonds is 3. The summed E-state index contributed by atoms with van der Waals surface area (Å²) in [6, 6.07) is 3.67. The molecule has 3 rings (SSSR count). The van der Waals surface area contributed by atoms with Crippen LogP contribution in [0.5, 0.6) is 0 Å². The van der Waals surface area contributed by atoms with E-state index in [9.17, 15) is 18.4 Å². The van der Waals surface area contributed by atoms with Crippen molar-refractivity contribution in [1.82, 2.24) is 4.90 Å². The highest BCUT2D eigenvalue weighted by atomic mass is 19.1. The van der Waals surface area contributed by atoms with Gasteiger partial charge in [-0.2, -0.15) is 0 Å². The van der Waals surface area contributed by atoms with E-state index >= 15 is 0 Å². The second-order valence-corrected chi connectivity index (χ2v) is 6.73. The third-order valence-electron chi connectivity index (χ3n) is 5.32. The van der Waals surface area contributed by atoms with E-state index in [1.54, 1.807) is 4.90 Å². The summed E-state index contributed by atoms with van der Waals surface area (Å²) >= 11 is 0. The molecule has 1 heterocycles. The van der Waals surface area contributed by atoms with Crippen LogP contribution in [0, 0.1) is 23.5 Å². The molecule has 0 bridgehead atoms. The van der Waals surface area contributed by atoms with Gasteiger partial charge in [-0.05, 0) is 30.9 Å². The molecular formula is C17H20F2N2O2. The standard InChI is InChI=1S/C17H20F2N2O2/c1-10-8-21(9-11(10)15(20)22)16(23)17(6-3-7-17)14-12(18)4-2-5-13(14)19/h2,4-5,10-11H,3,6-9H2,1H3,(H2,20,22)/t10-,11-/m1/s1. The molecule has 124 valence electrons. The fraction of sp³-hybridized carbons (Fsp3) is 0.529. The average molecular weight is 322 g/mol. The highest BCUT2D eigenvalue weighted by Crippen LogP contribution is 2.47.